The molecule has 4 heterocycles. The predicted molar refractivity (Wildman–Crippen MR) is 116 cm³/mol. The number of amides is 1. The smallest absolute Gasteiger partial charge is 0.209 e. The summed E-state index contributed by atoms with van der Waals surface area (Å²) in [6.07, 6.45) is 7.59. The summed E-state index contributed by atoms with van der Waals surface area (Å²) in [7, 11) is 1.70. The van der Waals surface area contributed by atoms with Crippen LogP contribution in [-0.4, -0.2) is 50.9 Å². The number of likely N-dealkylation sites (tertiary alicyclic amines) is 1. The van der Waals surface area contributed by atoms with E-state index in [2.05, 4.69) is 26.3 Å². The number of nitrogens with one attached hydrogen (secondary N) is 1. The number of nitrogens with zero attached hydrogens (tertiary/aromatic N) is 4. The third kappa shape index (κ3) is 4.07. The van der Waals surface area contributed by atoms with E-state index in [-0.39, 0.29) is 0 Å². The van der Waals surface area contributed by atoms with Gasteiger partial charge < -0.3 is 14.6 Å². The Hall–Kier alpha value is -3.19. The van der Waals surface area contributed by atoms with Crippen LogP contribution in [0.3, 0.4) is 0 Å². The molecule has 0 aliphatic carbocycles. The zero-order valence-electron chi connectivity index (χ0n) is 17.4. The zero-order chi connectivity index (χ0) is 20.9. The number of carbonyl (C=O) groups is 1. The van der Waals surface area contributed by atoms with Gasteiger partial charge in [0, 0.05) is 44.2 Å². The third-order valence-electron chi connectivity index (χ3n) is 5.74. The van der Waals surface area contributed by atoms with Crippen LogP contribution in [0.25, 0.3) is 16.8 Å². The van der Waals surface area contributed by atoms with Crippen LogP contribution < -0.4 is 0 Å². The predicted octanol–water partition coefficient (Wildman–Crippen LogP) is 3.63. The second-order valence-corrected chi connectivity index (χ2v) is 7.74. The first-order valence-electron chi connectivity index (χ1n) is 10.2. The van der Waals surface area contributed by atoms with Gasteiger partial charge in [-0.3, -0.25) is 9.20 Å². The highest BCUT2D eigenvalue weighted by Gasteiger charge is 2.29. The van der Waals surface area contributed by atoms with Gasteiger partial charge >= 0.3 is 0 Å². The molecular formula is C23H27N5O2. The molecule has 5 rings (SSSR count). The number of benzene rings is 1. The molecule has 4 aromatic rings. The van der Waals surface area contributed by atoms with Gasteiger partial charge in [0.15, 0.2) is 11.3 Å². The van der Waals surface area contributed by atoms with Gasteiger partial charge in [0.05, 0.1) is 18.3 Å². The van der Waals surface area contributed by atoms with Crippen molar-refractivity contribution in [2.45, 2.75) is 25.9 Å². The Morgan fingerprint density at radius 1 is 1.20 bits per heavy atom. The first-order chi connectivity index (χ1) is 14.7. The van der Waals surface area contributed by atoms with E-state index < -0.39 is 0 Å². The molecule has 2 unspecified atom stereocenters. The van der Waals surface area contributed by atoms with E-state index in [4.69, 9.17) is 4.74 Å². The molecule has 1 aliphatic rings. The van der Waals surface area contributed by atoms with Crippen LogP contribution in [0.15, 0.2) is 55.0 Å². The largest absolute Gasteiger partial charge is 0.380 e. The Labute approximate surface area is 175 Å². The van der Waals surface area contributed by atoms with E-state index in [0.717, 1.165) is 48.4 Å². The van der Waals surface area contributed by atoms with Crippen LogP contribution in [0, 0.1) is 5.92 Å². The summed E-state index contributed by atoms with van der Waals surface area (Å²) in [6.45, 7) is 4.56. The molecule has 3 aromatic heterocycles. The quantitative estimate of drug-likeness (QED) is 0.526. The van der Waals surface area contributed by atoms with Crippen molar-refractivity contribution in [2.24, 2.45) is 5.92 Å². The van der Waals surface area contributed by atoms with Crippen LogP contribution in [0.1, 0.15) is 30.5 Å². The van der Waals surface area contributed by atoms with E-state index in [1.807, 2.05) is 53.7 Å². The van der Waals surface area contributed by atoms with Crippen LogP contribution in [-0.2, 0) is 16.1 Å². The Morgan fingerprint density at radius 2 is 2.03 bits per heavy atom. The summed E-state index contributed by atoms with van der Waals surface area (Å²) in [5, 5.41) is 0. The van der Waals surface area contributed by atoms with Crippen LogP contribution in [0.5, 0.6) is 0 Å². The van der Waals surface area contributed by atoms with Gasteiger partial charge in [-0.25, -0.2) is 9.97 Å². The van der Waals surface area contributed by atoms with Crippen molar-refractivity contribution in [2.75, 3.05) is 20.2 Å². The fraction of sp³-hybridized carbons (Fsp3) is 0.348. The normalized spacial score (nSPS) is 18.9. The number of methoxy groups -OCH3 is 1. The van der Waals surface area contributed by atoms with E-state index in [9.17, 15) is 4.79 Å². The van der Waals surface area contributed by atoms with Crippen molar-refractivity contribution < 1.29 is 9.53 Å². The lowest BCUT2D eigenvalue weighted by molar-refractivity contribution is -0.119. The van der Waals surface area contributed by atoms with Gasteiger partial charge in [-0.05, 0) is 24.0 Å². The molecule has 7 nitrogen and oxygen atoms in total. The number of H-pyrrole nitrogens is 1. The zero-order valence-corrected chi connectivity index (χ0v) is 17.4. The number of ether oxygens (including phenoxy) is 1. The maximum absolute atomic E-state index is 11.1. The molecule has 1 fully saturated rings. The van der Waals surface area contributed by atoms with Crippen molar-refractivity contribution in [3.8, 4) is 0 Å². The van der Waals surface area contributed by atoms with Gasteiger partial charge in [-0.15, -0.1) is 0 Å². The number of hydrogen-bond acceptors (Lipinski definition) is 4. The molecule has 0 saturated carbocycles. The third-order valence-corrected chi connectivity index (χ3v) is 5.74. The first-order valence-corrected chi connectivity index (χ1v) is 10.2. The van der Waals surface area contributed by atoms with Crippen molar-refractivity contribution in [3.63, 3.8) is 0 Å². The minimum absolute atomic E-state index is 0.305. The van der Waals surface area contributed by atoms with E-state index in [0.29, 0.717) is 18.4 Å². The maximum Gasteiger partial charge on any atom is 0.209 e. The molecule has 156 valence electrons. The standard InChI is InChI=1S/C15H17N5O.C8H10O/c1-10-3-5-19(9-21)8-11(10)13-6-17-14-7-18-15-12(20(13)14)2-4-16-15;1-9-7-8-5-3-2-4-6-8/h2,4,6-7,9-11,16H,3,5,8H2,1H3;2-6H,7H2,1H3. The number of aromatic nitrogens is 4. The topological polar surface area (TPSA) is 75.5 Å². The molecule has 2 atom stereocenters. The van der Waals surface area contributed by atoms with E-state index >= 15 is 0 Å². The van der Waals surface area contributed by atoms with Crippen molar-refractivity contribution in [1.29, 1.82) is 0 Å². The highest BCUT2D eigenvalue weighted by Crippen LogP contribution is 2.33. The second-order valence-electron chi connectivity index (χ2n) is 7.74. The molecule has 1 saturated heterocycles. The minimum Gasteiger partial charge on any atom is -0.380 e. The Balaban J connectivity index is 0.000000204. The van der Waals surface area contributed by atoms with Crippen molar-refractivity contribution in [1.82, 2.24) is 24.3 Å². The number of piperidine rings is 1. The maximum atomic E-state index is 11.1. The lowest BCUT2D eigenvalue weighted by Gasteiger charge is -2.34. The molecule has 7 heteroatoms. The number of rotatable bonds is 4. The number of imidazole rings is 1. The summed E-state index contributed by atoms with van der Waals surface area (Å²) in [4.78, 5) is 25.0. The molecule has 0 radical (unpaired) electrons. The number of hydrogen-bond donors (Lipinski definition) is 1. The summed E-state index contributed by atoms with van der Waals surface area (Å²) in [6, 6.07) is 12.1. The molecule has 0 spiro atoms. The number of fused-ring (bicyclic) bond motifs is 3. The van der Waals surface area contributed by atoms with E-state index in [1.54, 1.807) is 13.3 Å². The van der Waals surface area contributed by atoms with Crippen molar-refractivity contribution >= 4 is 23.2 Å². The summed E-state index contributed by atoms with van der Waals surface area (Å²) in [5.41, 5.74) is 5.14. The number of carbonyl (C=O) groups excluding carboxylic acids is 1. The molecule has 1 aromatic carbocycles. The van der Waals surface area contributed by atoms with E-state index in [1.165, 1.54) is 5.56 Å². The van der Waals surface area contributed by atoms with Gasteiger partial charge in [-0.2, -0.15) is 0 Å². The molecular weight excluding hydrogens is 378 g/mol. The number of aromatic amines is 1. The summed E-state index contributed by atoms with van der Waals surface area (Å²) in [5.74, 6) is 0.836. The molecule has 1 N–H and O–H groups in total. The Kier molecular flexibility index (Phi) is 6.09. The lowest BCUT2D eigenvalue weighted by Crippen LogP contribution is -2.37. The highest BCUT2D eigenvalue weighted by molar-refractivity contribution is 5.74. The average Bonchev–Trinajstić information content (AvgIpc) is 3.42. The molecule has 0 bridgehead atoms. The second kappa shape index (κ2) is 9.09. The Bertz CT molecular complexity index is 1100. The summed E-state index contributed by atoms with van der Waals surface area (Å²) < 4.78 is 7.09. The molecule has 1 aliphatic heterocycles. The molecule has 30 heavy (non-hydrogen) atoms. The fourth-order valence-electron chi connectivity index (χ4n) is 4.07. The lowest BCUT2D eigenvalue weighted by atomic mass is 9.85. The van der Waals surface area contributed by atoms with Gasteiger partial charge in [0.1, 0.15) is 0 Å². The van der Waals surface area contributed by atoms with Crippen LogP contribution in [0.2, 0.25) is 0 Å². The highest BCUT2D eigenvalue weighted by atomic mass is 16.5. The fourth-order valence-corrected chi connectivity index (χ4v) is 4.07. The van der Waals surface area contributed by atoms with Crippen LogP contribution >= 0.6 is 0 Å². The minimum atomic E-state index is 0.305. The summed E-state index contributed by atoms with van der Waals surface area (Å²) >= 11 is 0. The Morgan fingerprint density at radius 3 is 2.80 bits per heavy atom. The van der Waals surface area contributed by atoms with Gasteiger partial charge in [0.2, 0.25) is 6.41 Å². The first kappa shape index (κ1) is 20.1. The average molecular weight is 406 g/mol. The monoisotopic (exact) mass is 405 g/mol. The van der Waals surface area contributed by atoms with Gasteiger partial charge in [-0.1, -0.05) is 37.3 Å². The van der Waals surface area contributed by atoms with Gasteiger partial charge in [0.25, 0.3) is 0 Å². The molecule has 1 amide bonds. The SMILES string of the molecule is CC1CCN(C=O)CC1c1cnc2cnc3[nH]ccc3n12.COCc1ccccc1. The van der Waals surface area contributed by atoms with Crippen molar-refractivity contribution in [3.05, 3.63) is 66.2 Å². The van der Waals surface area contributed by atoms with Crippen LogP contribution in [0.4, 0.5) is 0 Å².